The van der Waals surface area contributed by atoms with Gasteiger partial charge in [0.1, 0.15) is 16.8 Å². The van der Waals surface area contributed by atoms with E-state index in [-0.39, 0.29) is 11.7 Å². The summed E-state index contributed by atoms with van der Waals surface area (Å²) in [5, 5.41) is 0.322. The van der Waals surface area contributed by atoms with Gasteiger partial charge < -0.3 is 0 Å². The number of aromatic nitrogens is 2. The fourth-order valence-electron chi connectivity index (χ4n) is 1.53. The molecule has 0 spiro atoms. The highest BCUT2D eigenvalue weighted by atomic mass is 79.9. The number of benzene rings is 1. The molecule has 0 fully saturated rings. The molecule has 2 nitrogen and oxygen atoms in total. The Kier molecular flexibility index (Phi) is 3.97. The van der Waals surface area contributed by atoms with Gasteiger partial charge in [-0.1, -0.05) is 31.5 Å². The van der Waals surface area contributed by atoms with Crippen LogP contribution in [0.15, 0.2) is 28.7 Å². The van der Waals surface area contributed by atoms with E-state index >= 15 is 0 Å². The van der Waals surface area contributed by atoms with E-state index in [0.29, 0.717) is 26.7 Å². The van der Waals surface area contributed by atoms with Gasteiger partial charge in [0.2, 0.25) is 0 Å². The number of hydrogen-bond acceptors (Lipinski definition) is 2. The second-order valence-electron chi connectivity index (χ2n) is 4.19. The van der Waals surface area contributed by atoms with Gasteiger partial charge in [-0.2, -0.15) is 0 Å². The van der Waals surface area contributed by atoms with Gasteiger partial charge in [0.15, 0.2) is 0 Å². The Hall–Kier alpha value is -1.00. The van der Waals surface area contributed by atoms with Crippen LogP contribution >= 0.6 is 27.5 Å². The normalized spacial score (nSPS) is 11.0. The first-order valence-electron chi connectivity index (χ1n) is 5.48. The van der Waals surface area contributed by atoms with E-state index in [0.717, 1.165) is 0 Å². The summed E-state index contributed by atoms with van der Waals surface area (Å²) in [6, 6.07) is 6.64. The molecule has 1 aromatic carbocycles. The molecule has 0 atom stereocenters. The quantitative estimate of drug-likeness (QED) is 0.738. The van der Waals surface area contributed by atoms with Crippen molar-refractivity contribution in [2.45, 2.75) is 19.8 Å². The minimum absolute atomic E-state index is 0.137. The SMILES string of the molecule is CC(C)c1nc(Cl)cc(-c2cccc(Br)c2F)n1. The second-order valence-corrected chi connectivity index (χ2v) is 5.43. The highest BCUT2D eigenvalue weighted by Crippen LogP contribution is 2.28. The molecule has 0 unspecified atom stereocenters. The molecule has 2 aromatic rings. The zero-order chi connectivity index (χ0) is 13.3. The maximum atomic E-state index is 14.0. The largest absolute Gasteiger partial charge is 0.232 e. The zero-order valence-electron chi connectivity index (χ0n) is 9.92. The molecule has 5 heteroatoms. The van der Waals surface area contributed by atoms with Crippen molar-refractivity contribution < 1.29 is 4.39 Å². The summed E-state index contributed by atoms with van der Waals surface area (Å²) in [6.07, 6.45) is 0. The summed E-state index contributed by atoms with van der Waals surface area (Å²) in [7, 11) is 0. The zero-order valence-corrected chi connectivity index (χ0v) is 12.3. The van der Waals surface area contributed by atoms with Gasteiger partial charge in [0.05, 0.1) is 10.2 Å². The Bertz CT molecular complexity index is 587. The molecule has 0 bridgehead atoms. The highest BCUT2D eigenvalue weighted by Gasteiger charge is 2.13. The number of hydrogen-bond donors (Lipinski definition) is 0. The van der Waals surface area contributed by atoms with E-state index in [4.69, 9.17) is 11.6 Å². The number of nitrogens with zero attached hydrogens (tertiary/aromatic N) is 2. The molecule has 2 rings (SSSR count). The molecule has 94 valence electrons. The van der Waals surface area contributed by atoms with Crippen LogP contribution in [0.3, 0.4) is 0 Å². The Morgan fingerprint density at radius 2 is 2.00 bits per heavy atom. The molecule has 1 aromatic heterocycles. The second kappa shape index (κ2) is 5.33. The average molecular weight is 330 g/mol. The number of halogens is 3. The maximum Gasteiger partial charge on any atom is 0.146 e. The van der Waals surface area contributed by atoms with Gasteiger partial charge in [-0.3, -0.25) is 0 Å². The van der Waals surface area contributed by atoms with Gasteiger partial charge in [0, 0.05) is 17.5 Å². The summed E-state index contributed by atoms with van der Waals surface area (Å²) in [5.41, 5.74) is 0.910. The summed E-state index contributed by atoms with van der Waals surface area (Å²) in [5.74, 6) is 0.400. The van der Waals surface area contributed by atoms with Crippen LogP contribution in [0.4, 0.5) is 4.39 Å². The molecule has 1 heterocycles. The molecule has 0 aliphatic heterocycles. The van der Waals surface area contributed by atoms with Crippen molar-refractivity contribution in [3.63, 3.8) is 0 Å². The standard InChI is InChI=1S/C13H11BrClFN2/c1-7(2)13-17-10(6-11(15)18-13)8-4-3-5-9(14)12(8)16/h3-7H,1-2H3. The van der Waals surface area contributed by atoms with Gasteiger partial charge >= 0.3 is 0 Å². The van der Waals surface area contributed by atoms with Crippen LogP contribution in [-0.4, -0.2) is 9.97 Å². The van der Waals surface area contributed by atoms with Crippen molar-refractivity contribution in [1.29, 1.82) is 0 Å². The Balaban J connectivity index is 2.60. The van der Waals surface area contributed by atoms with Crippen LogP contribution in [0, 0.1) is 5.82 Å². The molecular formula is C13H11BrClFN2. The van der Waals surface area contributed by atoms with Crippen molar-refractivity contribution in [3.05, 3.63) is 45.5 Å². The monoisotopic (exact) mass is 328 g/mol. The molecule has 0 radical (unpaired) electrons. The lowest BCUT2D eigenvalue weighted by molar-refractivity contribution is 0.623. The highest BCUT2D eigenvalue weighted by molar-refractivity contribution is 9.10. The summed E-state index contributed by atoms with van der Waals surface area (Å²) >= 11 is 9.11. The smallest absolute Gasteiger partial charge is 0.146 e. The minimum Gasteiger partial charge on any atom is -0.232 e. The molecule has 18 heavy (non-hydrogen) atoms. The molecule has 0 N–H and O–H groups in total. The van der Waals surface area contributed by atoms with Crippen molar-refractivity contribution in [1.82, 2.24) is 9.97 Å². The molecule has 0 saturated carbocycles. The third-order valence-corrected chi connectivity index (χ3v) is 3.26. The Labute approximate surface area is 118 Å². The first-order valence-corrected chi connectivity index (χ1v) is 6.65. The fourth-order valence-corrected chi connectivity index (χ4v) is 2.09. The lowest BCUT2D eigenvalue weighted by Crippen LogP contribution is -2.00. The summed E-state index contributed by atoms with van der Waals surface area (Å²) in [6.45, 7) is 3.93. The van der Waals surface area contributed by atoms with Crippen molar-refractivity contribution in [2.75, 3.05) is 0 Å². The molecule has 0 saturated heterocycles. The Morgan fingerprint density at radius 3 is 2.67 bits per heavy atom. The van der Waals surface area contributed by atoms with Crippen molar-refractivity contribution in [2.24, 2.45) is 0 Å². The predicted octanol–water partition coefficient (Wildman–Crippen LogP) is 4.82. The third kappa shape index (κ3) is 2.70. The molecule has 0 aliphatic rings. The van der Waals surface area contributed by atoms with Gasteiger partial charge in [-0.05, 0) is 28.1 Å². The third-order valence-electron chi connectivity index (χ3n) is 2.46. The van der Waals surface area contributed by atoms with E-state index in [1.54, 1.807) is 24.3 Å². The molecular weight excluding hydrogens is 319 g/mol. The molecule has 0 aliphatic carbocycles. The Morgan fingerprint density at radius 1 is 1.28 bits per heavy atom. The van der Waals surface area contributed by atoms with Crippen LogP contribution in [0.5, 0.6) is 0 Å². The predicted molar refractivity (Wildman–Crippen MR) is 74.2 cm³/mol. The first kappa shape index (κ1) is 13.4. The lowest BCUT2D eigenvalue weighted by atomic mass is 10.1. The average Bonchev–Trinajstić information content (AvgIpc) is 2.31. The van der Waals surface area contributed by atoms with Crippen molar-refractivity contribution in [3.8, 4) is 11.3 Å². The summed E-state index contributed by atoms with van der Waals surface area (Å²) in [4.78, 5) is 8.48. The van der Waals surface area contributed by atoms with E-state index in [2.05, 4.69) is 25.9 Å². The minimum atomic E-state index is -0.345. The summed E-state index contributed by atoms with van der Waals surface area (Å²) < 4.78 is 14.4. The van der Waals surface area contributed by atoms with Gasteiger partial charge in [-0.15, -0.1) is 0 Å². The van der Waals surface area contributed by atoms with E-state index in [9.17, 15) is 4.39 Å². The van der Waals surface area contributed by atoms with E-state index in [1.165, 1.54) is 0 Å². The van der Waals surface area contributed by atoms with E-state index in [1.807, 2.05) is 13.8 Å². The van der Waals surface area contributed by atoms with Gasteiger partial charge in [-0.25, -0.2) is 14.4 Å². The lowest BCUT2D eigenvalue weighted by Gasteiger charge is -2.09. The van der Waals surface area contributed by atoms with Crippen LogP contribution in [0.1, 0.15) is 25.6 Å². The maximum absolute atomic E-state index is 14.0. The van der Waals surface area contributed by atoms with Crippen LogP contribution in [0.2, 0.25) is 5.15 Å². The van der Waals surface area contributed by atoms with Crippen molar-refractivity contribution >= 4 is 27.5 Å². The van der Waals surface area contributed by atoms with Crippen LogP contribution < -0.4 is 0 Å². The van der Waals surface area contributed by atoms with E-state index < -0.39 is 0 Å². The van der Waals surface area contributed by atoms with Crippen LogP contribution in [-0.2, 0) is 0 Å². The first-order chi connectivity index (χ1) is 8.49. The van der Waals surface area contributed by atoms with Crippen LogP contribution in [0.25, 0.3) is 11.3 Å². The number of rotatable bonds is 2. The topological polar surface area (TPSA) is 25.8 Å². The fraction of sp³-hybridized carbons (Fsp3) is 0.231. The molecule has 0 amide bonds. The van der Waals surface area contributed by atoms with Gasteiger partial charge in [0.25, 0.3) is 0 Å².